The molecular formula is C8H11O2-. The van der Waals surface area contributed by atoms with Crippen molar-refractivity contribution in [2.45, 2.75) is 13.3 Å². The van der Waals surface area contributed by atoms with Gasteiger partial charge < -0.3 is 10.5 Å². The first-order chi connectivity index (χ1) is 4.93. The zero-order chi connectivity index (χ0) is 7.82. The van der Waals surface area contributed by atoms with Crippen molar-refractivity contribution in [3.63, 3.8) is 0 Å². The standard InChI is InChI=1S/C8H10.H2O2/c1-2-8-6-4-3-5-7-8;1-2/h3-7H,2H2,1H3;1-2H/p-1. The van der Waals surface area contributed by atoms with Gasteiger partial charge in [0.15, 0.2) is 0 Å². The molecule has 0 aliphatic carbocycles. The van der Waals surface area contributed by atoms with Crippen LogP contribution in [0.1, 0.15) is 12.5 Å². The van der Waals surface area contributed by atoms with Crippen LogP contribution in [-0.2, 0) is 6.42 Å². The molecule has 0 aliphatic rings. The summed E-state index contributed by atoms with van der Waals surface area (Å²) in [5.41, 5.74) is 1.41. The average Bonchev–Trinajstić information content (AvgIpc) is 2.10. The third kappa shape index (κ3) is 3.22. The van der Waals surface area contributed by atoms with E-state index < -0.39 is 0 Å². The largest absolute Gasteiger partial charge is 0.727 e. The summed E-state index contributed by atoms with van der Waals surface area (Å²) in [5.74, 6) is 0. The van der Waals surface area contributed by atoms with Gasteiger partial charge in [0.25, 0.3) is 0 Å². The van der Waals surface area contributed by atoms with Gasteiger partial charge in [-0.15, -0.1) is 0 Å². The van der Waals surface area contributed by atoms with Gasteiger partial charge in [0, 0.05) is 0 Å². The Labute approximate surface area is 60.7 Å². The van der Waals surface area contributed by atoms with Gasteiger partial charge in [-0.05, 0) is 12.0 Å². The minimum atomic E-state index is 1.14. The van der Waals surface area contributed by atoms with Crippen LogP contribution < -0.4 is 5.26 Å². The van der Waals surface area contributed by atoms with Gasteiger partial charge in [0.1, 0.15) is 0 Å². The van der Waals surface area contributed by atoms with E-state index in [1.807, 2.05) is 6.07 Å². The molecule has 1 aromatic carbocycles. The lowest BCUT2D eigenvalue weighted by molar-refractivity contribution is -0.670. The highest BCUT2D eigenvalue weighted by Gasteiger charge is 1.79. The molecule has 0 bridgehead atoms. The Kier molecular flexibility index (Phi) is 5.72. The summed E-state index contributed by atoms with van der Waals surface area (Å²) in [7, 11) is 0. The summed E-state index contributed by atoms with van der Waals surface area (Å²) in [6.45, 7) is 2.16. The van der Waals surface area contributed by atoms with Crippen LogP contribution in [0.25, 0.3) is 0 Å². The van der Waals surface area contributed by atoms with Crippen LogP contribution >= 0.6 is 0 Å². The Bertz CT molecular complexity index is 149. The normalized spacial score (nSPS) is 7.90. The highest BCUT2D eigenvalue weighted by atomic mass is 17.0. The molecule has 10 heavy (non-hydrogen) atoms. The van der Waals surface area contributed by atoms with Crippen molar-refractivity contribution in [1.82, 2.24) is 0 Å². The van der Waals surface area contributed by atoms with Gasteiger partial charge in [-0.3, -0.25) is 0 Å². The monoisotopic (exact) mass is 139 g/mol. The molecule has 0 saturated carbocycles. The van der Waals surface area contributed by atoms with E-state index in [1.165, 1.54) is 5.56 Å². The van der Waals surface area contributed by atoms with Crippen LogP contribution in [0.4, 0.5) is 0 Å². The van der Waals surface area contributed by atoms with Crippen LogP contribution in [0.2, 0.25) is 0 Å². The second-order valence-corrected chi connectivity index (χ2v) is 1.84. The van der Waals surface area contributed by atoms with Crippen molar-refractivity contribution in [3.8, 4) is 0 Å². The Balaban J connectivity index is 0.000000371. The first kappa shape index (κ1) is 9.14. The number of hydrogen-bond donors (Lipinski definition) is 1. The van der Waals surface area contributed by atoms with Crippen LogP contribution in [0, 0.1) is 0 Å². The van der Waals surface area contributed by atoms with Gasteiger partial charge in [-0.2, -0.15) is 0 Å². The zero-order valence-corrected chi connectivity index (χ0v) is 5.95. The first-order valence-electron chi connectivity index (χ1n) is 3.15. The van der Waals surface area contributed by atoms with E-state index in [-0.39, 0.29) is 0 Å². The Morgan fingerprint density at radius 2 is 1.70 bits per heavy atom. The van der Waals surface area contributed by atoms with Crippen molar-refractivity contribution in [2.24, 2.45) is 0 Å². The van der Waals surface area contributed by atoms with Gasteiger partial charge >= 0.3 is 0 Å². The third-order valence-corrected chi connectivity index (χ3v) is 1.25. The minimum Gasteiger partial charge on any atom is -0.727 e. The van der Waals surface area contributed by atoms with Crippen molar-refractivity contribution < 1.29 is 10.5 Å². The SMILES string of the molecule is CCc1ccccc1.[O-]O. The molecule has 0 aliphatic heterocycles. The molecule has 0 spiro atoms. The molecule has 56 valence electrons. The lowest BCUT2D eigenvalue weighted by Gasteiger charge is -1.89. The van der Waals surface area contributed by atoms with Gasteiger partial charge in [-0.25, -0.2) is 0 Å². The maximum Gasteiger partial charge on any atom is -0.0307 e. The highest BCUT2D eigenvalue weighted by molar-refractivity contribution is 5.13. The van der Waals surface area contributed by atoms with Gasteiger partial charge in [-0.1, -0.05) is 37.3 Å². The first-order valence-corrected chi connectivity index (χ1v) is 3.15. The zero-order valence-electron chi connectivity index (χ0n) is 5.95. The number of rotatable bonds is 1. The Morgan fingerprint density at radius 3 is 2.00 bits per heavy atom. The van der Waals surface area contributed by atoms with Crippen LogP contribution in [0.3, 0.4) is 0 Å². The van der Waals surface area contributed by atoms with Crippen molar-refractivity contribution in [3.05, 3.63) is 35.9 Å². The molecule has 0 saturated heterocycles. The van der Waals surface area contributed by atoms with E-state index in [9.17, 15) is 0 Å². The molecule has 2 heteroatoms. The number of benzene rings is 1. The molecule has 0 heterocycles. The molecule has 0 aromatic heterocycles. The highest BCUT2D eigenvalue weighted by Crippen LogP contribution is 1.96. The molecule has 2 nitrogen and oxygen atoms in total. The third-order valence-electron chi connectivity index (χ3n) is 1.25. The molecule has 0 atom stereocenters. The summed E-state index contributed by atoms with van der Waals surface area (Å²) >= 11 is 0. The topological polar surface area (TPSA) is 43.3 Å². The molecule has 0 radical (unpaired) electrons. The summed E-state index contributed by atoms with van der Waals surface area (Å²) in [6, 6.07) is 10.5. The van der Waals surface area contributed by atoms with E-state index in [0.717, 1.165) is 6.42 Å². The summed E-state index contributed by atoms with van der Waals surface area (Å²) in [5, 5.41) is 13.0. The lowest BCUT2D eigenvalue weighted by atomic mass is 10.2. The molecule has 0 amide bonds. The molecule has 0 fully saturated rings. The van der Waals surface area contributed by atoms with Crippen molar-refractivity contribution in [1.29, 1.82) is 0 Å². The van der Waals surface area contributed by atoms with E-state index in [2.05, 4.69) is 31.2 Å². The fourth-order valence-corrected chi connectivity index (χ4v) is 0.714. The van der Waals surface area contributed by atoms with Crippen LogP contribution in [0.5, 0.6) is 0 Å². The Morgan fingerprint density at radius 1 is 1.20 bits per heavy atom. The van der Waals surface area contributed by atoms with Gasteiger partial charge in [0.2, 0.25) is 0 Å². The predicted molar refractivity (Wildman–Crippen MR) is 38.4 cm³/mol. The molecule has 1 aromatic rings. The van der Waals surface area contributed by atoms with Crippen LogP contribution in [0.15, 0.2) is 30.3 Å². The van der Waals surface area contributed by atoms with Crippen molar-refractivity contribution in [2.75, 3.05) is 0 Å². The predicted octanol–water partition coefficient (Wildman–Crippen LogP) is 1.07. The maximum atomic E-state index is 7.25. The maximum absolute atomic E-state index is 7.25. The minimum absolute atomic E-state index is 1.14. The molecule has 0 unspecified atom stereocenters. The smallest absolute Gasteiger partial charge is 0.0307 e. The van der Waals surface area contributed by atoms with E-state index >= 15 is 0 Å². The van der Waals surface area contributed by atoms with E-state index in [1.54, 1.807) is 0 Å². The molecule has 1 rings (SSSR count). The Hall–Kier alpha value is -0.860. The number of aryl methyl sites for hydroxylation is 1. The van der Waals surface area contributed by atoms with E-state index in [0.29, 0.717) is 0 Å². The van der Waals surface area contributed by atoms with Gasteiger partial charge in [0.05, 0.1) is 0 Å². The van der Waals surface area contributed by atoms with E-state index in [4.69, 9.17) is 10.5 Å². The average molecular weight is 139 g/mol. The quantitative estimate of drug-likeness (QED) is 0.467. The fourth-order valence-electron chi connectivity index (χ4n) is 0.714. The fraction of sp³-hybridized carbons (Fsp3) is 0.250. The second kappa shape index (κ2) is 6.26. The lowest BCUT2D eigenvalue weighted by Crippen LogP contribution is -1.84. The van der Waals surface area contributed by atoms with Crippen molar-refractivity contribution >= 4 is 0 Å². The summed E-state index contributed by atoms with van der Waals surface area (Å²) in [4.78, 5) is 0. The molecule has 1 N–H and O–H groups in total. The molecular weight excluding hydrogens is 128 g/mol. The number of hydrogen-bond acceptors (Lipinski definition) is 2. The summed E-state index contributed by atoms with van der Waals surface area (Å²) in [6.07, 6.45) is 1.14. The second-order valence-electron chi connectivity index (χ2n) is 1.84. The van der Waals surface area contributed by atoms with Crippen LogP contribution in [-0.4, -0.2) is 5.26 Å². The summed E-state index contributed by atoms with van der Waals surface area (Å²) < 4.78 is 0.